The van der Waals surface area contributed by atoms with Crippen LogP contribution in [0.1, 0.15) is 30.0 Å². The Kier molecular flexibility index (Phi) is 4.61. The molecule has 0 unspecified atom stereocenters. The van der Waals surface area contributed by atoms with Crippen molar-refractivity contribution in [1.29, 1.82) is 0 Å². The monoisotopic (exact) mass is 348 g/mol. The van der Waals surface area contributed by atoms with Crippen LogP contribution in [0.15, 0.2) is 65.1 Å². The topological polar surface area (TPSA) is 0 Å². The van der Waals surface area contributed by atoms with Gasteiger partial charge in [-0.2, -0.15) is 0 Å². The Morgan fingerprint density at radius 1 is 0.818 bits per heavy atom. The number of fused-ring (bicyclic) bond motifs is 1. The largest absolute Gasteiger partial charge is 0.0651 e. The van der Waals surface area contributed by atoms with Crippen molar-refractivity contribution >= 4 is 26.7 Å². The van der Waals surface area contributed by atoms with E-state index in [9.17, 15) is 0 Å². The fourth-order valence-corrected chi connectivity index (χ4v) is 3.03. The van der Waals surface area contributed by atoms with Crippen molar-refractivity contribution in [2.24, 2.45) is 0 Å². The summed E-state index contributed by atoms with van der Waals surface area (Å²) < 4.78 is 1.11. The molecule has 0 aromatic heterocycles. The minimum Gasteiger partial charge on any atom is -0.0651 e. The van der Waals surface area contributed by atoms with Crippen molar-refractivity contribution < 1.29 is 0 Å². The van der Waals surface area contributed by atoms with Crippen LogP contribution in [0.25, 0.3) is 10.8 Å². The third-order valence-electron chi connectivity index (χ3n) is 3.70. The first-order chi connectivity index (χ1) is 10.8. The molecule has 22 heavy (non-hydrogen) atoms. The molecule has 0 bridgehead atoms. The zero-order valence-corrected chi connectivity index (χ0v) is 14.2. The predicted molar refractivity (Wildman–Crippen MR) is 98.1 cm³/mol. The van der Waals surface area contributed by atoms with Gasteiger partial charge in [-0.25, -0.2) is 0 Å². The van der Waals surface area contributed by atoms with Gasteiger partial charge in [-0.3, -0.25) is 0 Å². The van der Waals surface area contributed by atoms with Crippen LogP contribution in [0, 0.1) is 11.8 Å². The smallest absolute Gasteiger partial charge is 0.0328 e. The molecule has 3 rings (SSSR count). The summed E-state index contributed by atoms with van der Waals surface area (Å²) in [4.78, 5) is 0. The molecule has 3 aromatic rings. The minimum atomic E-state index is 1.06. The molecule has 1 heteroatoms. The maximum atomic E-state index is 3.60. The summed E-state index contributed by atoms with van der Waals surface area (Å²) in [6.07, 6.45) is 2.31. The Morgan fingerprint density at radius 3 is 2.27 bits per heavy atom. The Balaban J connectivity index is 1.96. The molecule has 3 aromatic carbocycles. The standard InChI is InChI=1S/C21H17Br/c1-2-5-16-8-10-17(11-9-16)12-13-18-14-15-21(22)20-7-4-3-6-19(18)20/h3-4,6-11,14-15H,2,5H2,1H3. The second-order valence-electron chi connectivity index (χ2n) is 5.34. The van der Waals surface area contributed by atoms with Crippen LogP contribution in [0.3, 0.4) is 0 Å². The SMILES string of the molecule is CCCc1ccc(C#Cc2ccc(Br)c3ccccc23)cc1. The quantitative estimate of drug-likeness (QED) is 0.501. The molecule has 0 heterocycles. The summed E-state index contributed by atoms with van der Waals surface area (Å²) in [6.45, 7) is 2.20. The Labute approximate surface area is 140 Å². The third kappa shape index (κ3) is 3.24. The van der Waals surface area contributed by atoms with Gasteiger partial charge in [0.05, 0.1) is 0 Å². The molecule has 0 saturated heterocycles. The second kappa shape index (κ2) is 6.81. The van der Waals surface area contributed by atoms with Gasteiger partial charge in [0, 0.05) is 15.6 Å². The molecule has 0 atom stereocenters. The van der Waals surface area contributed by atoms with E-state index < -0.39 is 0 Å². The van der Waals surface area contributed by atoms with Crippen LogP contribution in [-0.2, 0) is 6.42 Å². The van der Waals surface area contributed by atoms with E-state index in [4.69, 9.17) is 0 Å². The summed E-state index contributed by atoms with van der Waals surface area (Å²) in [6, 6.07) is 21.1. The first kappa shape index (κ1) is 14.9. The molecule has 0 aliphatic heterocycles. The summed E-state index contributed by atoms with van der Waals surface area (Å²) >= 11 is 3.60. The first-order valence-electron chi connectivity index (χ1n) is 7.56. The lowest BCUT2D eigenvalue weighted by Gasteiger charge is -2.02. The van der Waals surface area contributed by atoms with Crippen LogP contribution < -0.4 is 0 Å². The summed E-state index contributed by atoms with van der Waals surface area (Å²) in [7, 11) is 0. The fourth-order valence-electron chi connectivity index (χ4n) is 2.55. The maximum absolute atomic E-state index is 3.60. The van der Waals surface area contributed by atoms with Gasteiger partial charge in [-0.1, -0.05) is 77.5 Å². The zero-order chi connectivity index (χ0) is 15.4. The van der Waals surface area contributed by atoms with Crippen molar-refractivity contribution in [2.75, 3.05) is 0 Å². The van der Waals surface area contributed by atoms with Gasteiger partial charge in [-0.05, 0) is 47.0 Å². The number of aryl methyl sites for hydroxylation is 1. The molecular formula is C21H17Br. The van der Waals surface area contributed by atoms with Gasteiger partial charge in [0.25, 0.3) is 0 Å². The van der Waals surface area contributed by atoms with E-state index in [1.807, 2.05) is 0 Å². The molecule has 0 radical (unpaired) electrons. The minimum absolute atomic E-state index is 1.06. The van der Waals surface area contributed by atoms with Crippen molar-refractivity contribution in [3.05, 3.63) is 81.8 Å². The van der Waals surface area contributed by atoms with E-state index in [1.165, 1.54) is 22.8 Å². The summed E-state index contributed by atoms with van der Waals surface area (Å²) in [5.41, 5.74) is 3.51. The number of benzene rings is 3. The molecule has 0 amide bonds. The second-order valence-corrected chi connectivity index (χ2v) is 6.19. The average Bonchev–Trinajstić information content (AvgIpc) is 2.56. The molecule has 0 N–H and O–H groups in total. The number of halogens is 1. The van der Waals surface area contributed by atoms with E-state index in [2.05, 4.69) is 95.4 Å². The first-order valence-corrected chi connectivity index (χ1v) is 8.35. The van der Waals surface area contributed by atoms with Crippen LogP contribution in [0.2, 0.25) is 0 Å². The van der Waals surface area contributed by atoms with Crippen molar-refractivity contribution in [2.45, 2.75) is 19.8 Å². The summed E-state index contributed by atoms with van der Waals surface area (Å²) in [5.74, 6) is 6.59. The van der Waals surface area contributed by atoms with E-state index >= 15 is 0 Å². The normalized spacial score (nSPS) is 10.3. The van der Waals surface area contributed by atoms with Crippen LogP contribution in [0.4, 0.5) is 0 Å². The molecule has 0 fully saturated rings. The zero-order valence-electron chi connectivity index (χ0n) is 12.6. The molecular weight excluding hydrogens is 332 g/mol. The highest BCUT2D eigenvalue weighted by Crippen LogP contribution is 2.26. The molecule has 0 spiro atoms. The predicted octanol–water partition coefficient (Wildman–Crippen LogP) is 5.95. The lowest BCUT2D eigenvalue weighted by molar-refractivity contribution is 0.922. The molecule has 0 nitrogen and oxygen atoms in total. The van der Waals surface area contributed by atoms with Gasteiger partial charge >= 0.3 is 0 Å². The van der Waals surface area contributed by atoms with Crippen molar-refractivity contribution in [3.63, 3.8) is 0 Å². The van der Waals surface area contributed by atoms with E-state index in [0.717, 1.165) is 22.0 Å². The molecule has 0 saturated carbocycles. The number of rotatable bonds is 2. The van der Waals surface area contributed by atoms with Crippen LogP contribution >= 0.6 is 15.9 Å². The highest BCUT2D eigenvalue weighted by atomic mass is 79.9. The van der Waals surface area contributed by atoms with Crippen LogP contribution in [-0.4, -0.2) is 0 Å². The Morgan fingerprint density at radius 2 is 1.55 bits per heavy atom. The fraction of sp³-hybridized carbons (Fsp3) is 0.143. The number of hydrogen-bond acceptors (Lipinski definition) is 0. The van der Waals surface area contributed by atoms with Crippen molar-refractivity contribution in [3.8, 4) is 11.8 Å². The van der Waals surface area contributed by atoms with E-state index in [-0.39, 0.29) is 0 Å². The molecule has 0 aliphatic carbocycles. The average molecular weight is 349 g/mol. The highest BCUT2D eigenvalue weighted by molar-refractivity contribution is 9.10. The maximum Gasteiger partial charge on any atom is 0.0328 e. The number of hydrogen-bond donors (Lipinski definition) is 0. The van der Waals surface area contributed by atoms with E-state index in [0.29, 0.717) is 0 Å². The van der Waals surface area contributed by atoms with Crippen LogP contribution in [0.5, 0.6) is 0 Å². The lowest BCUT2D eigenvalue weighted by atomic mass is 10.0. The molecule has 0 aliphatic rings. The Bertz CT molecular complexity index is 848. The lowest BCUT2D eigenvalue weighted by Crippen LogP contribution is -1.84. The van der Waals surface area contributed by atoms with Gasteiger partial charge in [-0.15, -0.1) is 0 Å². The van der Waals surface area contributed by atoms with Gasteiger partial charge in [0.2, 0.25) is 0 Å². The Hall–Kier alpha value is -2.04. The van der Waals surface area contributed by atoms with Gasteiger partial charge in [0.15, 0.2) is 0 Å². The van der Waals surface area contributed by atoms with Gasteiger partial charge in [0.1, 0.15) is 0 Å². The van der Waals surface area contributed by atoms with Gasteiger partial charge < -0.3 is 0 Å². The van der Waals surface area contributed by atoms with Crippen molar-refractivity contribution in [1.82, 2.24) is 0 Å². The highest BCUT2D eigenvalue weighted by Gasteiger charge is 2.01. The molecule has 108 valence electrons. The third-order valence-corrected chi connectivity index (χ3v) is 4.40. The summed E-state index contributed by atoms with van der Waals surface area (Å²) in [5, 5.41) is 2.39. The van der Waals surface area contributed by atoms with E-state index in [1.54, 1.807) is 0 Å².